The van der Waals surface area contributed by atoms with Crippen LogP contribution in [0.3, 0.4) is 0 Å². The maximum atomic E-state index is 11.8. The van der Waals surface area contributed by atoms with Crippen molar-refractivity contribution in [1.29, 1.82) is 0 Å². The highest BCUT2D eigenvalue weighted by Crippen LogP contribution is 2.12. The number of hydrogen-bond acceptors (Lipinski definition) is 4. The van der Waals surface area contributed by atoms with E-state index in [1.54, 1.807) is 31.2 Å². The summed E-state index contributed by atoms with van der Waals surface area (Å²) in [4.78, 5) is 33.9. The molecule has 0 aliphatic rings. The van der Waals surface area contributed by atoms with E-state index in [9.17, 15) is 14.4 Å². The predicted octanol–water partition coefficient (Wildman–Crippen LogP) is 2.03. The lowest BCUT2D eigenvalue weighted by Gasteiger charge is -2.07. The summed E-state index contributed by atoms with van der Waals surface area (Å²) in [5, 5.41) is 5.25. The van der Waals surface area contributed by atoms with Crippen LogP contribution in [0.4, 0.5) is 10.5 Å². The molecule has 0 fully saturated rings. The summed E-state index contributed by atoms with van der Waals surface area (Å²) in [6.45, 7) is 2.56. The summed E-state index contributed by atoms with van der Waals surface area (Å²) < 4.78 is 4.92. The minimum absolute atomic E-state index is 0.117. The number of benzene rings is 1. The molecule has 0 heterocycles. The number of rotatable bonds is 9. The highest BCUT2D eigenvalue weighted by atomic mass is 16.5. The number of primary amides is 1. The van der Waals surface area contributed by atoms with Gasteiger partial charge in [-0.3, -0.25) is 4.79 Å². The smallest absolute Gasteiger partial charge is 0.338 e. The molecule has 4 N–H and O–H groups in total. The van der Waals surface area contributed by atoms with Gasteiger partial charge in [0, 0.05) is 18.7 Å². The van der Waals surface area contributed by atoms with Gasteiger partial charge >= 0.3 is 12.0 Å². The molecular formula is C16H23N3O4. The molecule has 0 radical (unpaired) electrons. The molecule has 0 aliphatic carbocycles. The van der Waals surface area contributed by atoms with Gasteiger partial charge in [0.1, 0.15) is 0 Å². The summed E-state index contributed by atoms with van der Waals surface area (Å²) in [5.74, 6) is -0.528. The molecule has 1 rings (SSSR count). The van der Waals surface area contributed by atoms with E-state index in [1.165, 1.54) is 0 Å². The molecule has 3 amide bonds. The number of unbranched alkanes of at least 4 members (excludes halogenated alkanes) is 2. The van der Waals surface area contributed by atoms with Crippen LogP contribution in [0.5, 0.6) is 0 Å². The predicted molar refractivity (Wildman–Crippen MR) is 87.1 cm³/mol. The van der Waals surface area contributed by atoms with Gasteiger partial charge < -0.3 is 21.1 Å². The summed E-state index contributed by atoms with van der Waals surface area (Å²) >= 11 is 0. The van der Waals surface area contributed by atoms with Crippen molar-refractivity contribution in [3.8, 4) is 0 Å². The number of nitrogens with one attached hydrogen (secondary N) is 2. The fourth-order valence-corrected chi connectivity index (χ4v) is 1.96. The zero-order chi connectivity index (χ0) is 17.1. The van der Waals surface area contributed by atoms with Crippen molar-refractivity contribution in [3.63, 3.8) is 0 Å². The molecule has 0 saturated heterocycles. The maximum Gasteiger partial charge on any atom is 0.338 e. The van der Waals surface area contributed by atoms with Crippen LogP contribution < -0.4 is 16.4 Å². The second-order valence-corrected chi connectivity index (χ2v) is 4.95. The van der Waals surface area contributed by atoms with Crippen LogP contribution in [0.25, 0.3) is 0 Å². The Balaban J connectivity index is 2.32. The Morgan fingerprint density at radius 1 is 1.17 bits per heavy atom. The van der Waals surface area contributed by atoms with Crippen LogP contribution in [-0.4, -0.2) is 31.1 Å². The third-order valence-electron chi connectivity index (χ3n) is 3.04. The summed E-state index contributed by atoms with van der Waals surface area (Å²) in [6, 6.07) is 6.10. The number of carbonyl (C=O) groups is 3. The van der Waals surface area contributed by atoms with Gasteiger partial charge in [-0.2, -0.15) is 0 Å². The second-order valence-electron chi connectivity index (χ2n) is 4.95. The number of anilines is 1. The third kappa shape index (κ3) is 7.85. The Morgan fingerprint density at radius 2 is 1.96 bits per heavy atom. The minimum Gasteiger partial charge on any atom is -0.462 e. The van der Waals surface area contributed by atoms with Crippen LogP contribution in [0.15, 0.2) is 24.3 Å². The first-order valence-electron chi connectivity index (χ1n) is 7.63. The van der Waals surface area contributed by atoms with E-state index < -0.39 is 12.0 Å². The van der Waals surface area contributed by atoms with Gasteiger partial charge in [0.15, 0.2) is 0 Å². The molecule has 0 unspecified atom stereocenters. The number of nitrogens with two attached hydrogens (primary N) is 1. The monoisotopic (exact) mass is 321 g/mol. The molecule has 7 heteroatoms. The zero-order valence-electron chi connectivity index (χ0n) is 13.3. The number of amides is 3. The third-order valence-corrected chi connectivity index (χ3v) is 3.04. The molecule has 23 heavy (non-hydrogen) atoms. The molecule has 0 bridgehead atoms. The zero-order valence-corrected chi connectivity index (χ0v) is 13.3. The van der Waals surface area contributed by atoms with E-state index in [0.29, 0.717) is 37.2 Å². The molecule has 0 saturated carbocycles. The highest BCUT2D eigenvalue weighted by molar-refractivity contribution is 5.94. The molecule has 7 nitrogen and oxygen atoms in total. The Hall–Kier alpha value is -2.57. The van der Waals surface area contributed by atoms with Gasteiger partial charge in [0.05, 0.1) is 12.2 Å². The summed E-state index contributed by atoms with van der Waals surface area (Å²) in [5.41, 5.74) is 5.92. The Morgan fingerprint density at radius 3 is 2.65 bits per heavy atom. The molecule has 0 spiro atoms. The number of carbonyl (C=O) groups excluding carboxylic acids is 3. The van der Waals surface area contributed by atoms with Crippen molar-refractivity contribution in [2.45, 2.75) is 32.6 Å². The van der Waals surface area contributed by atoms with Crippen molar-refractivity contribution >= 4 is 23.6 Å². The molecule has 1 aromatic rings. The fraction of sp³-hybridized carbons (Fsp3) is 0.438. The van der Waals surface area contributed by atoms with E-state index in [4.69, 9.17) is 10.5 Å². The van der Waals surface area contributed by atoms with Crippen molar-refractivity contribution in [1.82, 2.24) is 5.32 Å². The average molecular weight is 321 g/mol. The van der Waals surface area contributed by atoms with E-state index in [0.717, 1.165) is 12.8 Å². The summed E-state index contributed by atoms with van der Waals surface area (Å²) in [6.07, 6.45) is 2.68. The minimum atomic E-state index is -0.538. The molecular weight excluding hydrogens is 298 g/mol. The fourth-order valence-electron chi connectivity index (χ4n) is 1.96. The van der Waals surface area contributed by atoms with Gasteiger partial charge in [0.25, 0.3) is 0 Å². The number of ether oxygens (including phenoxy) is 1. The first kappa shape index (κ1) is 18.5. The number of esters is 1. The maximum absolute atomic E-state index is 11.8. The van der Waals surface area contributed by atoms with Crippen LogP contribution in [0, 0.1) is 0 Å². The lowest BCUT2D eigenvalue weighted by atomic mass is 10.1. The topological polar surface area (TPSA) is 111 Å². The standard InChI is InChI=1S/C16H23N3O4/c1-2-23-15(21)12-7-6-8-13(11-12)19-14(20)9-4-3-5-10-18-16(17)22/h6-8,11H,2-5,9-10H2,1H3,(H,19,20)(H3,17,18,22). The van der Waals surface area contributed by atoms with Crippen LogP contribution in [0.1, 0.15) is 43.0 Å². The first-order valence-corrected chi connectivity index (χ1v) is 7.63. The average Bonchev–Trinajstić information content (AvgIpc) is 2.51. The van der Waals surface area contributed by atoms with Gasteiger partial charge in [-0.1, -0.05) is 12.5 Å². The lowest BCUT2D eigenvalue weighted by Crippen LogP contribution is -2.29. The van der Waals surface area contributed by atoms with Crippen molar-refractivity contribution in [2.24, 2.45) is 5.73 Å². The van der Waals surface area contributed by atoms with Crippen LogP contribution in [0.2, 0.25) is 0 Å². The Labute approximate surface area is 135 Å². The Bertz CT molecular complexity index is 546. The second kappa shape index (κ2) is 10.2. The Kier molecular flexibility index (Phi) is 8.20. The van der Waals surface area contributed by atoms with E-state index in [1.807, 2.05) is 0 Å². The normalized spacial score (nSPS) is 9.96. The van der Waals surface area contributed by atoms with Crippen molar-refractivity contribution < 1.29 is 19.1 Å². The molecule has 0 atom stereocenters. The van der Waals surface area contributed by atoms with Crippen LogP contribution >= 0.6 is 0 Å². The number of hydrogen-bond donors (Lipinski definition) is 3. The number of urea groups is 1. The highest BCUT2D eigenvalue weighted by Gasteiger charge is 2.08. The molecule has 0 aliphatic heterocycles. The molecule has 126 valence electrons. The van der Waals surface area contributed by atoms with Gasteiger partial charge in [-0.05, 0) is 38.0 Å². The first-order chi connectivity index (χ1) is 11.0. The SMILES string of the molecule is CCOC(=O)c1cccc(NC(=O)CCCCCNC(N)=O)c1. The largest absolute Gasteiger partial charge is 0.462 e. The molecule has 1 aromatic carbocycles. The van der Waals surface area contributed by atoms with Crippen molar-refractivity contribution in [3.05, 3.63) is 29.8 Å². The van der Waals surface area contributed by atoms with Gasteiger partial charge in [-0.15, -0.1) is 0 Å². The van der Waals surface area contributed by atoms with Crippen LogP contribution in [-0.2, 0) is 9.53 Å². The van der Waals surface area contributed by atoms with Gasteiger partial charge in [-0.25, -0.2) is 9.59 Å². The molecule has 0 aromatic heterocycles. The lowest BCUT2D eigenvalue weighted by molar-refractivity contribution is -0.116. The van der Waals surface area contributed by atoms with E-state index >= 15 is 0 Å². The van der Waals surface area contributed by atoms with E-state index in [2.05, 4.69) is 10.6 Å². The van der Waals surface area contributed by atoms with Gasteiger partial charge in [0.2, 0.25) is 5.91 Å². The van der Waals surface area contributed by atoms with E-state index in [-0.39, 0.29) is 5.91 Å². The quantitative estimate of drug-likeness (QED) is 0.477. The summed E-state index contributed by atoms with van der Waals surface area (Å²) in [7, 11) is 0. The van der Waals surface area contributed by atoms with Crippen molar-refractivity contribution in [2.75, 3.05) is 18.5 Å².